The Morgan fingerprint density at radius 3 is 2.81 bits per heavy atom. The van der Waals surface area contributed by atoms with Crippen LogP contribution in [0.3, 0.4) is 0 Å². The Balaban J connectivity index is 1.60. The van der Waals surface area contributed by atoms with E-state index in [0.29, 0.717) is 18.2 Å². The monoisotopic (exact) mass is 344 g/mol. The lowest BCUT2D eigenvalue weighted by Crippen LogP contribution is -2.29. The van der Waals surface area contributed by atoms with Crippen LogP contribution >= 0.6 is 0 Å². The second-order valence-electron chi connectivity index (χ2n) is 6.47. The van der Waals surface area contributed by atoms with E-state index in [1.807, 2.05) is 37.3 Å². The highest BCUT2D eigenvalue weighted by molar-refractivity contribution is 6.06. The van der Waals surface area contributed by atoms with Crippen LogP contribution in [0.15, 0.2) is 54.7 Å². The van der Waals surface area contributed by atoms with E-state index < -0.39 is 0 Å². The third kappa shape index (κ3) is 2.92. The Hall–Kier alpha value is -3.21. The number of aryl methyl sites for hydroxylation is 1. The largest absolute Gasteiger partial charge is 0.324 e. The van der Waals surface area contributed by atoms with Gasteiger partial charge in [0.1, 0.15) is 5.69 Å². The van der Waals surface area contributed by atoms with Crippen LogP contribution < -0.4 is 10.2 Å². The van der Waals surface area contributed by atoms with Crippen LogP contribution in [0, 0.1) is 13.8 Å². The summed E-state index contributed by atoms with van der Waals surface area (Å²) >= 11 is 0. The summed E-state index contributed by atoms with van der Waals surface area (Å²) in [7, 11) is 0. The van der Waals surface area contributed by atoms with E-state index in [1.54, 1.807) is 17.2 Å². The molecule has 0 saturated carbocycles. The van der Waals surface area contributed by atoms with Gasteiger partial charge < -0.3 is 10.2 Å². The Kier molecular flexibility index (Phi) is 4.13. The molecule has 0 spiro atoms. The van der Waals surface area contributed by atoms with E-state index in [9.17, 15) is 4.79 Å². The molecule has 2 heterocycles. The van der Waals surface area contributed by atoms with Gasteiger partial charge in [-0.2, -0.15) is 0 Å². The van der Waals surface area contributed by atoms with Crippen LogP contribution in [-0.4, -0.2) is 22.4 Å². The summed E-state index contributed by atoms with van der Waals surface area (Å²) in [6.07, 6.45) is 2.50. The minimum atomic E-state index is -0.0960. The maximum Gasteiger partial charge on any atom is 0.277 e. The van der Waals surface area contributed by atoms with Crippen LogP contribution in [0.25, 0.3) is 0 Å². The van der Waals surface area contributed by atoms with Crippen molar-refractivity contribution in [3.05, 3.63) is 77.1 Å². The molecule has 3 aromatic rings. The lowest BCUT2D eigenvalue weighted by atomic mass is 10.1. The van der Waals surface area contributed by atoms with Crippen LogP contribution in [0.5, 0.6) is 0 Å². The molecule has 1 aromatic heterocycles. The van der Waals surface area contributed by atoms with Gasteiger partial charge in [0.25, 0.3) is 5.91 Å². The van der Waals surface area contributed by atoms with Crippen molar-refractivity contribution in [2.45, 2.75) is 20.3 Å². The van der Waals surface area contributed by atoms with Gasteiger partial charge >= 0.3 is 0 Å². The molecule has 1 amide bonds. The molecule has 1 aliphatic heterocycles. The van der Waals surface area contributed by atoms with Crippen molar-refractivity contribution in [2.75, 3.05) is 16.8 Å². The van der Waals surface area contributed by atoms with Gasteiger partial charge in [0, 0.05) is 24.1 Å². The van der Waals surface area contributed by atoms with Gasteiger partial charge in [0.2, 0.25) is 5.95 Å². The molecule has 4 rings (SSSR count). The number of benzene rings is 2. The van der Waals surface area contributed by atoms with Crippen molar-refractivity contribution in [3.8, 4) is 0 Å². The maximum absolute atomic E-state index is 12.9. The second kappa shape index (κ2) is 6.59. The Morgan fingerprint density at radius 1 is 1.08 bits per heavy atom. The first kappa shape index (κ1) is 16.3. The number of hydrogen-bond acceptors (Lipinski definition) is 4. The fourth-order valence-corrected chi connectivity index (χ4v) is 3.23. The van der Waals surface area contributed by atoms with E-state index in [2.05, 4.69) is 34.3 Å². The molecule has 5 nitrogen and oxygen atoms in total. The Labute approximate surface area is 152 Å². The zero-order chi connectivity index (χ0) is 18.1. The molecule has 130 valence electrons. The van der Waals surface area contributed by atoms with Gasteiger partial charge in [-0.1, -0.05) is 30.3 Å². The SMILES string of the molecule is Cc1cccc(Nc2nccc(C(=O)N3CCc4ccccc43)n2)c1C. The number of carbonyl (C=O) groups is 1. The topological polar surface area (TPSA) is 58.1 Å². The van der Waals surface area contributed by atoms with Gasteiger partial charge in [-0.25, -0.2) is 9.97 Å². The third-order valence-electron chi connectivity index (χ3n) is 4.86. The Morgan fingerprint density at radius 2 is 1.92 bits per heavy atom. The summed E-state index contributed by atoms with van der Waals surface area (Å²) < 4.78 is 0. The number of aromatic nitrogens is 2. The number of carbonyl (C=O) groups excluding carboxylic acids is 1. The van der Waals surface area contributed by atoms with Crippen molar-refractivity contribution >= 4 is 23.2 Å². The van der Waals surface area contributed by atoms with Crippen LogP contribution in [0.1, 0.15) is 27.2 Å². The number of hydrogen-bond donors (Lipinski definition) is 1. The lowest BCUT2D eigenvalue weighted by Gasteiger charge is -2.17. The van der Waals surface area contributed by atoms with Gasteiger partial charge in [-0.15, -0.1) is 0 Å². The standard InChI is InChI=1S/C21H20N4O/c1-14-6-5-8-17(15(14)2)23-21-22-12-10-18(24-21)20(26)25-13-11-16-7-3-4-9-19(16)25/h3-10,12H,11,13H2,1-2H3,(H,22,23,24). The smallest absolute Gasteiger partial charge is 0.277 e. The summed E-state index contributed by atoms with van der Waals surface area (Å²) in [6, 6.07) is 15.7. The minimum absolute atomic E-state index is 0.0960. The van der Waals surface area contributed by atoms with Crippen molar-refractivity contribution < 1.29 is 4.79 Å². The van der Waals surface area contributed by atoms with Gasteiger partial charge in [0.15, 0.2) is 0 Å². The number of rotatable bonds is 3. The van der Waals surface area contributed by atoms with Crippen LogP contribution in [0.4, 0.5) is 17.3 Å². The highest BCUT2D eigenvalue weighted by atomic mass is 16.2. The van der Waals surface area contributed by atoms with E-state index in [-0.39, 0.29) is 5.91 Å². The first-order valence-corrected chi connectivity index (χ1v) is 8.69. The molecule has 0 saturated heterocycles. The van der Waals surface area contributed by atoms with Gasteiger partial charge in [-0.05, 0) is 55.2 Å². The summed E-state index contributed by atoms with van der Waals surface area (Å²) in [5.41, 5.74) is 5.84. The summed E-state index contributed by atoms with van der Waals surface area (Å²) in [5, 5.41) is 3.23. The summed E-state index contributed by atoms with van der Waals surface area (Å²) in [4.78, 5) is 23.4. The number of nitrogens with one attached hydrogen (secondary N) is 1. The van der Waals surface area contributed by atoms with Gasteiger partial charge in [0.05, 0.1) is 0 Å². The number of nitrogens with zero attached hydrogens (tertiary/aromatic N) is 3. The van der Waals surface area contributed by atoms with Crippen molar-refractivity contribution in [3.63, 3.8) is 0 Å². The fraction of sp³-hybridized carbons (Fsp3) is 0.190. The maximum atomic E-state index is 12.9. The molecule has 0 bridgehead atoms. The molecule has 0 atom stereocenters. The molecule has 0 radical (unpaired) electrons. The van der Waals surface area contributed by atoms with Crippen LogP contribution in [0.2, 0.25) is 0 Å². The van der Waals surface area contributed by atoms with Crippen molar-refractivity contribution in [1.29, 1.82) is 0 Å². The minimum Gasteiger partial charge on any atom is -0.324 e. The van der Waals surface area contributed by atoms with E-state index in [0.717, 1.165) is 23.4 Å². The molecule has 0 fully saturated rings. The summed E-state index contributed by atoms with van der Waals surface area (Å²) in [5.74, 6) is 0.332. The first-order chi connectivity index (χ1) is 12.6. The predicted octanol–water partition coefficient (Wildman–Crippen LogP) is 4.04. The average Bonchev–Trinajstić information content (AvgIpc) is 3.09. The number of fused-ring (bicyclic) bond motifs is 1. The number of anilines is 3. The zero-order valence-electron chi connectivity index (χ0n) is 14.9. The molecule has 1 N–H and O–H groups in total. The quantitative estimate of drug-likeness (QED) is 0.779. The second-order valence-corrected chi connectivity index (χ2v) is 6.47. The molecule has 5 heteroatoms. The molecule has 0 aliphatic carbocycles. The van der Waals surface area contributed by atoms with Crippen LogP contribution in [-0.2, 0) is 6.42 Å². The first-order valence-electron chi connectivity index (χ1n) is 8.69. The van der Waals surface area contributed by atoms with E-state index in [4.69, 9.17) is 0 Å². The predicted molar refractivity (Wildman–Crippen MR) is 103 cm³/mol. The molecule has 0 unspecified atom stereocenters. The van der Waals surface area contributed by atoms with Crippen molar-refractivity contribution in [2.24, 2.45) is 0 Å². The third-order valence-corrected chi connectivity index (χ3v) is 4.86. The number of amides is 1. The molecule has 1 aliphatic rings. The molecule has 2 aromatic carbocycles. The lowest BCUT2D eigenvalue weighted by molar-refractivity contribution is 0.0984. The highest BCUT2D eigenvalue weighted by Crippen LogP contribution is 2.28. The Bertz CT molecular complexity index is 983. The fourth-order valence-electron chi connectivity index (χ4n) is 3.23. The zero-order valence-corrected chi connectivity index (χ0v) is 14.9. The van der Waals surface area contributed by atoms with Crippen molar-refractivity contribution in [1.82, 2.24) is 9.97 Å². The summed E-state index contributed by atoms with van der Waals surface area (Å²) in [6.45, 7) is 4.79. The average molecular weight is 344 g/mol. The molecular formula is C21H20N4O. The molecular weight excluding hydrogens is 324 g/mol. The molecule has 26 heavy (non-hydrogen) atoms. The van der Waals surface area contributed by atoms with Gasteiger partial charge in [-0.3, -0.25) is 4.79 Å². The highest BCUT2D eigenvalue weighted by Gasteiger charge is 2.26. The number of para-hydroxylation sites is 1. The normalized spacial score (nSPS) is 12.8. The van der Waals surface area contributed by atoms with E-state index in [1.165, 1.54) is 11.1 Å². The van der Waals surface area contributed by atoms with E-state index >= 15 is 0 Å².